The maximum atomic E-state index is 12.9. The molecule has 1 heterocycles. The number of thiazole rings is 1. The van der Waals surface area contributed by atoms with Crippen LogP contribution < -0.4 is 0 Å². The minimum atomic E-state index is -0.250. The molecule has 24 heavy (non-hydrogen) atoms. The van der Waals surface area contributed by atoms with E-state index >= 15 is 0 Å². The van der Waals surface area contributed by atoms with Crippen LogP contribution in [0, 0.1) is 19.7 Å². The highest BCUT2D eigenvalue weighted by Crippen LogP contribution is 2.26. The van der Waals surface area contributed by atoms with E-state index in [9.17, 15) is 9.18 Å². The molecule has 0 N–H and O–H groups in total. The molecule has 2 rings (SSSR count). The third kappa shape index (κ3) is 4.61. The lowest BCUT2D eigenvalue weighted by Gasteiger charge is -2.27. The third-order valence-electron chi connectivity index (χ3n) is 4.08. The average Bonchev–Trinajstić information content (AvgIpc) is 2.86. The second-order valence-electron chi connectivity index (χ2n) is 6.15. The van der Waals surface area contributed by atoms with Gasteiger partial charge in [0.2, 0.25) is 5.91 Å². The normalized spacial score (nSPS) is 12.5. The molecule has 0 aliphatic rings. The van der Waals surface area contributed by atoms with Crippen molar-refractivity contribution in [3.8, 4) is 0 Å². The van der Waals surface area contributed by atoms with Crippen LogP contribution in [0.4, 0.5) is 4.39 Å². The highest BCUT2D eigenvalue weighted by Gasteiger charge is 2.22. The second kappa shape index (κ2) is 7.85. The molecule has 4 nitrogen and oxygen atoms in total. The highest BCUT2D eigenvalue weighted by atomic mass is 32.1. The summed E-state index contributed by atoms with van der Waals surface area (Å²) in [4.78, 5) is 21.9. The molecule has 2 aromatic rings. The fourth-order valence-corrected chi connectivity index (χ4v) is 3.54. The zero-order chi connectivity index (χ0) is 17.9. The molecule has 0 saturated carbocycles. The van der Waals surface area contributed by atoms with Crippen LogP contribution in [0.15, 0.2) is 24.3 Å². The molecule has 0 fully saturated rings. The molecular formula is C18H24FN3OS. The first-order valence-corrected chi connectivity index (χ1v) is 8.72. The number of hydrogen-bond acceptors (Lipinski definition) is 4. The summed E-state index contributed by atoms with van der Waals surface area (Å²) < 4.78 is 12.9. The number of benzene rings is 1. The minimum Gasteiger partial charge on any atom is -0.336 e. The third-order valence-corrected chi connectivity index (χ3v) is 4.98. The number of carbonyl (C=O) groups is 1. The van der Waals surface area contributed by atoms with E-state index in [2.05, 4.69) is 4.98 Å². The van der Waals surface area contributed by atoms with E-state index in [1.165, 1.54) is 12.1 Å². The number of rotatable bonds is 6. The number of halogens is 1. The van der Waals surface area contributed by atoms with E-state index in [0.717, 1.165) is 21.1 Å². The van der Waals surface area contributed by atoms with Gasteiger partial charge in [-0.05, 0) is 45.5 Å². The molecule has 6 heteroatoms. The van der Waals surface area contributed by atoms with E-state index in [0.29, 0.717) is 13.1 Å². The van der Waals surface area contributed by atoms with E-state index < -0.39 is 0 Å². The number of hydrogen-bond donors (Lipinski definition) is 0. The first kappa shape index (κ1) is 18.5. The predicted octanol–water partition coefficient (Wildman–Crippen LogP) is 3.55. The number of nitrogens with zero attached hydrogens (tertiary/aromatic N) is 3. The second-order valence-corrected chi connectivity index (χ2v) is 7.56. The van der Waals surface area contributed by atoms with Gasteiger partial charge in [-0.2, -0.15) is 0 Å². The maximum absolute atomic E-state index is 12.9. The van der Waals surface area contributed by atoms with Crippen molar-refractivity contribution in [3.63, 3.8) is 0 Å². The van der Waals surface area contributed by atoms with Crippen molar-refractivity contribution in [1.82, 2.24) is 14.8 Å². The van der Waals surface area contributed by atoms with Crippen LogP contribution >= 0.6 is 11.3 Å². The van der Waals surface area contributed by atoms with Gasteiger partial charge in [0.05, 0.1) is 23.3 Å². The van der Waals surface area contributed by atoms with Crippen LogP contribution in [-0.2, 0) is 11.3 Å². The quantitative estimate of drug-likeness (QED) is 0.800. The molecule has 0 aliphatic heterocycles. The molecule has 1 aromatic carbocycles. The van der Waals surface area contributed by atoms with Gasteiger partial charge < -0.3 is 4.90 Å². The number of likely N-dealkylation sites (N-methyl/N-ethyl adjacent to an activating group) is 2. The summed E-state index contributed by atoms with van der Waals surface area (Å²) in [6.07, 6.45) is 0. The Hall–Kier alpha value is -1.79. The summed E-state index contributed by atoms with van der Waals surface area (Å²) in [5.74, 6) is -0.211. The van der Waals surface area contributed by atoms with Gasteiger partial charge in [0.15, 0.2) is 0 Å². The van der Waals surface area contributed by atoms with Crippen molar-refractivity contribution < 1.29 is 9.18 Å². The van der Waals surface area contributed by atoms with Crippen molar-refractivity contribution in [2.45, 2.75) is 33.4 Å². The minimum absolute atomic E-state index is 0.0390. The first-order valence-electron chi connectivity index (χ1n) is 7.90. The standard InChI is InChI=1S/C18H24FN3OS/c1-12(18-13(2)24-14(3)20-18)22(5)17(23)11-21(4)10-15-6-8-16(19)9-7-15/h6-9,12H,10-11H2,1-5H3/t12-/m0/s1. The molecule has 0 spiro atoms. The molecule has 1 aromatic heterocycles. The van der Waals surface area contributed by atoms with Crippen molar-refractivity contribution in [3.05, 3.63) is 51.2 Å². The van der Waals surface area contributed by atoms with Crippen molar-refractivity contribution in [1.29, 1.82) is 0 Å². The summed E-state index contributed by atoms with van der Waals surface area (Å²) >= 11 is 1.65. The highest BCUT2D eigenvalue weighted by molar-refractivity contribution is 7.11. The van der Waals surface area contributed by atoms with Crippen LogP contribution in [0.2, 0.25) is 0 Å². The lowest BCUT2D eigenvalue weighted by molar-refractivity contribution is -0.132. The van der Waals surface area contributed by atoms with Gasteiger partial charge in [0, 0.05) is 18.5 Å². The van der Waals surface area contributed by atoms with Crippen LogP contribution in [0.3, 0.4) is 0 Å². The Kier molecular flexibility index (Phi) is 6.07. The van der Waals surface area contributed by atoms with E-state index in [1.807, 2.05) is 39.8 Å². The van der Waals surface area contributed by atoms with Gasteiger partial charge in [-0.1, -0.05) is 12.1 Å². The number of amides is 1. The molecule has 1 amide bonds. The zero-order valence-electron chi connectivity index (χ0n) is 14.8. The lowest BCUT2D eigenvalue weighted by Crippen LogP contribution is -2.38. The largest absolute Gasteiger partial charge is 0.336 e. The molecular weight excluding hydrogens is 325 g/mol. The van der Waals surface area contributed by atoms with E-state index in [-0.39, 0.29) is 17.8 Å². The van der Waals surface area contributed by atoms with Crippen molar-refractivity contribution >= 4 is 17.2 Å². The smallest absolute Gasteiger partial charge is 0.237 e. The Labute approximate surface area is 146 Å². The van der Waals surface area contributed by atoms with E-state index in [4.69, 9.17) is 0 Å². The maximum Gasteiger partial charge on any atom is 0.237 e. The molecule has 0 unspecified atom stereocenters. The fourth-order valence-electron chi connectivity index (χ4n) is 2.63. The Morgan fingerprint density at radius 3 is 2.42 bits per heavy atom. The van der Waals surface area contributed by atoms with E-state index in [1.54, 1.807) is 28.4 Å². The van der Waals surface area contributed by atoms with Crippen molar-refractivity contribution in [2.24, 2.45) is 0 Å². The average molecular weight is 349 g/mol. The van der Waals surface area contributed by atoms with Crippen LogP contribution in [0.25, 0.3) is 0 Å². The molecule has 130 valence electrons. The van der Waals surface area contributed by atoms with Gasteiger partial charge in [-0.3, -0.25) is 9.69 Å². The monoisotopic (exact) mass is 349 g/mol. The van der Waals surface area contributed by atoms with Crippen LogP contribution in [0.1, 0.15) is 34.1 Å². The number of aromatic nitrogens is 1. The SMILES string of the molecule is Cc1nc([C@H](C)N(C)C(=O)CN(C)Cc2ccc(F)cc2)c(C)s1. The lowest BCUT2D eigenvalue weighted by atomic mass is 10.2. The van der Waals surface area contributed by atoms with Gasteiger partial charge in [0.25, 0.3) is 0 Å². The van der Waals surface area contributed by atoms with Crippen LogP contribution in [0.5, 0.6) is 0 Å². The Balaban J connectivity index is 1.95. The number of aryl methyl sites for hydroxylation is 2. The van der Waals surface area contributed by atoms with Crippen LogP contribution in [-0.4, -0.2) is 41.3 Å². The zero-order valence-corrected chi connectivity index (χ0v) is 15.7. The molecule has 0 aliphatic carbocycles. The topological polar surface area (TPSA) is 36.4 Å². The Morgan fingerprint density at radius 1 is 1.25 bits per heavy atom. The van der Waals surface area contributed by atoms with Gasteiger partial charge in [-0.15, -0.1) is 11.3 Å². The molecule has 0 saturated heterocycles. The predicted molar refractivity (Wildman–Crippen MR) is 95.5 cm³/mol. The Morgan fingerprint density at radius 2 is 1.88 bits per heavy atom. The summed E-state index contributed by atoms with van der Waals surface area (Å²) in [6.45, 7) is 6.92. The molecule has 1 atom stereocenters. The number of carbonyl (C=O) groups excluding carboxylic acids is 1. The molecule has 0 radical (unpaired) electrons. The fraction of sp³-hybridized carbons (Fsp3) is 0.444. The van der Waals surface area contributed by atoms with Gasteiger partial charge in [0.1, 0.15) is 5.82 Å². The Bertz CT molecular complexity index is 699. The van der Waals surface area contributed by atoms with Gasteiger partial charge >= 0.3 is 0 Å². The summed E-state index contributed by atoms with van der Waals surface area (Å²) in [5, 5.41) is 1.02. The molecule has 0 bridgehead atoms. The van der Waals surface area contributed by atoms with Crippen molar-refractivity contribution in [2.75, 3.05) is 20.6 Å². The summed E-state index contributed by atoms with van der Waals surface area (Å²) in [7, 11) is 3.70. The summed E-state index contributed by atoms with van der Waals surface area (Å²) in [6, 6.07) is 6.30. The van der Waals surface area contributed by atoms with Gasteiger partial charge in [-0.25, -0.2) is 9.37 Å². The summed E-state index contributed by atoms with van der Waals surface area (Å²) in [5.41, 5.74) is 1.95. The first-order chi connectivity index (χ1) is 11.3.